The number of furan rings is 1. The van der Waals surface area contributed by atoms with Gasteiger partial charge in [-0.1, -0.05) is 36.9 Å². The standard InChI is InChI=1S/C23H23N5O2S/c1-3-17-8-4-7-16(2)21(17)25-20(29)15-31-23-27-26-22(18-9-5-11-24-13-18)28(23)14-19-10-6-12-30-19/h4-13H,3,14-15H2,1-2H3,(H,25,29). The molecule has 7 nitrogen and oxygen atoms in total. The molecule has 0 saturated carbocycles. The van der Waals surface area contributed by atoms with E-state index in [1.54, 1.807) is 18.7 Å². The second-order valence-corrected chi connectivity index (χ2v) is 7.96. The van der Waals surface area contributed by atoms with E-state index >= 15 is 0 Å². The summed E-state index contributed by atoms with van der Waals surface area (Å²) in [6, 6.07) is 13.6. The topological polar surface area (TPSA) is 85.8 Å². The Kier molecular flexibility index (Phi) is 6.47. The van der Waals surface area contributed by atoms with Gasteiger partial charge in [-0.2, -0.15) is 0 Å². The normalized spacial score (nSPS) is 10.9. The Morgan fingerprint density at radius 3 is 2.81 bits per heavy atom. The van der Waals surface area contributed by atoms with E-state index in [0.717, 1.165) is 34.6 Å². The number of thioether (sulfide) groups is 1. The van der Waals surface area contributed by atoms with Gasteiger partial charge in [-0.05, 0) is 48.7 Å². The molecule has 0 fully saturated rings. The van der Waals surface area contributed by atoms with Crippen LogP contribution in [0.3, 0.4) is 0 Å². The number of nitrogens with zero attached hydrogens (tertiary/aromatic N) is 4. The Morgan fingerprint density at radius 2 is 2.06 bits per heavy atom. The highest BCUT2D eigenvalue weighted by molar-refractivity contribution is 7.99. The zero-order chi connectivity index (χ0) is 21.6. The maximum absolute atomic E-state index is 12.7. The fourth-order valence-electron chi connectivity index (χ4n) is 3.31. The number of anilines is 1. The molecule has 0 unspecified atom stereocenters. The van der Waals surface area contributed by atoms with E-state index in [2.05, 4.69) is 27.4 Å². The molecular formula is C23H23N5O2S. The first-order valence-corrected chi connectivity index (χ1v) is 11.0. The van der Waals surface area contributed by atoms with E-state index < -0.39 is 0 Å². The minimum absolute atomic E-state index is 0.0792. The maximum Gasteiger partial charge on any atom is 0.234 e. The first-order valence-electron chi connectivity index (χ1n) is 10.0. The summed E-state index contributed by atoms with van der Waals surface area (Å²) in [6.45, 7) is 4.55. The molecule has 1 aromatic carbocycles. The molecule has 0 bridgehead atoms. The minimum Gasteiger partial charge on any atom is -0.467 e. The summed E-state index contributed by atoms with van der Waals surface area (Å²) in [6.07, 6.45) is 5.95. The molecule has 1 N–H and O–H groups in total. The van der Waals surface area contributed by atoms with Gasteiger partial charge in [0, 0.05) is 23.6 Å². The molecule has 1 amide bonds. The van der Waals surface area contributed by atoms with Crippen LogP contribution >= 0.6 is 11.8 Å². The van der Waals surface area contributed by atoms with Crippen molar-refractivity contribution in [2.45, 2.75) is 32.0 Å². The van der Waals surface area contributed by atoms with Crippen LogP contribution in [-0.4, -0.2) is 31.4 Å². The zero-order valence-corrected chi connectivity index (χ0v) is 18.2. The predicted molar refractivity (Wildman–Crippen MR) is 121 cm³/mol. The van der Waals surface area contributed by atoms with E-state index in [0.29, 0.717) is 17.5 Å². The fraction of sp³-hybridized carbons (Fsp3) is 0.217. The lowest BCUT2D eigenvalue weighted by Crippen LogP contribution is -2.16. The first-order chi connectivity index (χ1) is 15.2. The van der Waals surface area contributed by atoms with Crippen LogP contribution in [0.5, 0.6) is 0 Å². The molecule has 31 heavy (non-hydrogen) atoms. The summed E-state index contributed by atoms with van der Waals surface area (Å²) < 4.78 is 7.46. The zero-order valence-electron chi connectivity index (χ0n) is 17.4. The predicted octanol–water partition coefficient (Wildman–Crippen LogP) is 4.58. The number of amides is 1. The number of carbonyl (C=O) groups excluding carboxylic acids is 1. The van der Waals surface area contributed by atoms with Gasteiger partial charge in [-0.25, -0.2) is 0 Å². The number of hydrogen-bond acceptors (Lipinski definition) is 6. The van der Waals surface area contributed by atoms with Gasteiger partial charge in [-0.15, -0.1) is 10.2 Å². The van der Waals surface area contributed by atoms with E-state index in [1.165, 1.54) is 11.8 Å². The Morgan fingerprint density at radius 1 is 1.16 bits per heavy atom. The third kappa shape index (κ3) is 4.86. The van der Waals surface area contributed by atoms with Crippen molar-refractivity contribution in [1.82, 2.24) is 19.7 Å². The number of nitrogens with one attached hydrogen (secondary N) is 1. The van der Waals surface area contributed by atoms with Gasteiger partial charge in [0.05, 0.1) is 18.6 Å². The quantitative estimate of drug-likeness (QED) is 0.409. The second kappa shape index (κ2) is 9.61. The van der Waals surface area contributed by atoms with E-state index in [1.807, 2.05) is 54.0 Å². The fourth-order valence-corrected chi connectivity index (χ4v) is 4.05. The van der Waals surface area contributed by atoms with Crippen molar-refractivity contribution >= 4 is 23.4 Å². The lowest BCUT2D eigenvalue weighted by Gasteiger charge is -2.13. The summed E-state index contributed by atoms with van der Waals surface area (Å²) >= 11 is 1.35. The molecule has 4 aromatic rings. The van der Waals surface area contributed by atoms with Crippen molar-refractivity contribution in [2.75, 3.05) is 11.1 Å². The van der Waals surface area contributed by atoms with E-state index in [4.69, 9.17) is 4.42 Å². The summed E-state index contributed by atoms with van der Waals surface area (Å²) in [5.74, 6) is 1.61. The number of pyridine rings is 1. The van der Waals surface area contributed by atoms with Crippen molar-refractivity contribution in [2.24, 2.45) is 0 Å². The number of carbonyl (C=O) groups is 1. The largest absolute Gasteiger partial charge is 0.467 e. The molecule has 0 radical (unpaired) electrons. The molecule has 0 spiro atoms. The van der Waals surface area contributed by atoms with Crippen molar-refractivity contribution in [3.05, 3.63) is 78.0 Å². The molecule has 158 valence electrons. The molecule has 0 aliphatic heterocycles. The molecule has 0 aliphatic rings. The summed E-state index contributed by atoms with van der Waals surface area (Å²) in [5, 5.41) is 12.4. The first kappa shape index (κ1) is 20.9. The highest BCUT2D eigenvalue weighted by Crippen LogP contribution is 2.26. The summed E-state index contributed by atoms with van der Waals surface area (Å²) in [5.41, 5.74) is 3.92. The molecule has 3 aromatic heterocycles. The average Bonchev–Trinajstić information content (AvgIpc) is 3.45. The van der Waals surface area contributed by atoms with Crippen LogP contribution in [0, 0.1) is 6.92 Å². The number of rotatable bonds is 8. The van der Waals surface area contributed by atoms with Crippen molar-refractivity contribution in [1.29, 1.82) is 0 Å². The number of hydrogen-bond donors (Lipinski definition) is 1. The smallest absolute Gasteiger partial charge is 0.234 e. The SMILES string of the molecule is CCc1cccc(C)c1NC(=O)CSc1nnc(-c2cccnc2)n1Cc1ccco1. The van der Waals surface area contributed by atoms with Crippen molar-refractivity contribution in [3.8, 4) is 11.4 Å². The van der Waals surface area contributed by atoms with Gasteiger partial charge in [0.1, 0.15) is 5.76 Å². The minimum atomic E-state index is -0.0792. The monoisotopic (exact) mass is 433 g/mol. The highest BCUT2D eigenvalue weighted by atomic mass is 32.2. The molecule has 4 rings (SSSR count). The molecule has 0 aliphatic carbocycles. The van der Waals surface area contributed by atoms with Crippen LogP contribution in [0.25, 0.3) is 11.4 Å². The molecule has 0 saturated heterocycles. The van der Waals surface area contributed by atoms with Gasteiger partial charge in [0.15, 0.2) is 11.0 Å². The Bertz CT molecular complexity index is 1160. The summed E-state index contributed by atoms with van der Waals surface area (Å²) in [4.78, 5) is 16.9. The second-order valence-electron chi connectivity index (χ2n) is 7.01. The third-order valence-electron chi connectivity index (χ3n) is 4.87. The molecular weight excluding hydrogens is 410 g/mol. The van der Waals surface area contributed by atoms with Crippen LogP contribution in [-0.2, 0) is 17.8 Å². The number of benzene rings is 1. The lowest BCUT2D eigenvalue weighted by atomic mass is 10.1. The number of aromatic nitrogens is 4. The highest BCUT2D eigenvalue weighted by Gasteiger charge is 2.18. The molecule has 3 heterocycles. The molecule has 8 heteroatoms. The number of aryl methyl sites for hydroxylation is 2. The van der Waals surface area contributed by atoms with Crippen molar-refractivity contribution < 1.29 is 9.21 Å². The van der Waals surface area contributed by atoms with E-state index in [9.17, 15) is 4.79 Å². The Labute approximate surface area is 184 Å². The maximum atomic E-state index is 12.7. The average molecular weight is 434 g/mol. The van der Waals surface area contributed by atoms with Gasteiger partial charge in [-0.3, -0.25) is 14.3 Å². The molecule has 0 atom stereocenters. The summed E-state index contributed by atoms with van der Waals surface area (Å²) in [7, 11) is 0. The van der Waals surface area contributed by atoms with Gasteiger partial charge < -0.3 is 9.73 Å². The van der Waals surface area contributed by atoms with Gasteiger partial charge in [0.2, 0.25) is 5.91 Å². The number of para-hydroxylation sites is 1. The van der Waals surface area contributed by atoms with Gasteiger partial charge >= 0.3 is 0 Å². The van der Waals surface area contributed by atoms with Gasteiger partial charge in [0.25, 0.3) is 0 Å². The van der Waals surface area contributed by atoms with Crippen LogP contribution in [0.4, 0.5) is 5.69 Å². The van der Waals surface area contributed by atoms with E-state index in [-0.39, 0.29) is 11.7 Å². The lowest BCUT2D eigenvalue weighted by molar-refractivity contribution is -0.113. The Balaban J connectivity index is 1.53. The van der Waals surface area contributed by atoms with Crippen LogP contribution in [0.1, 0.15) is 23.8 Å². The van der Waals surface area contributed by atoms with Crippen LogP contribution in [0.15, 0.2) is 70.7 Å². The third-order valence-corrected chi connectivity index (χ3v) is 5.83. The van der Waals surface area contributed by atoms with Crippen molar-refractivity contribution in [3.63, 3.8) is 0 Å². The van der Waals surface area contributed by atoms with Crippen LogP contribution in [0.2, 0.25) is 0 Å². The Hall–Kier alpha value is -3.39. The van der Waals surface area contributed by atoms with Crippen LogP contribution < -0.4 is 5.32 Å².